The summed E-state index contributed by atoms with van der Waals surface area (Å²) in [5.41, 5.74) is 1.73. The molecule has 2 aromatic rings. The molecule has 0 saturated carbocycles. The zero-order valence-corrected chi connectivity index (χ0v) is 11.0. The molecule has 1 aliphatic rings. The Hall–Kier alpha value is -1.97. The molecule has 0 fully saturated rings. The maximum absolute atomic E-state index is 13.9. The van der Waals surface area contributed by atoms with E-state index in [1.165, 1.54) is 6.07 Å². The van der Waals surface area contributed by atoms with E-state index >= 15 is 0 Å². The summed E-state index contributed by atoms with van der Waals surface area (Å²) >= 11 is 0. The van der Waals surface area contributed by atoms with E-state index in [0.717, 1.165) is 12.1 Å². The van der Waals surface area contributed by atoms with Crippen LogP contribution in [-0.2, 0) is 6.42 Å². The second-order valence-electron chi connectivity index (χ2n) is 5.81. The molecule has 1 aliphatic carbocycles. The van der Waals surface area contributed by atoms with E-state index in [1.54, 1.807) is 29.1 Å². The molecule has 19 heavy (non-hydrogen) atoms. The van der Waals surface area contributed by atoms with Crippen molar-refractivity contribution in [3.05, 3.63) is 47.5 Å². The number of Topliss-reactive ketones (excluding diaryl/α,β-unsaturated/α-hetero) is 1. The summed E-state index contributed by atoms with van der Waals surface area (Å²) in [6, 6.07) is 6.49. The fourth-order valence-corrected chi connectivity index (χ4v) is 2.65. The predicted molar refractivity (Wildman–Crippen MR) is 70.0 cm³/mol. The monoisotopic (exact) mass is 258 g/mol. The maximum atomic E-state index is 13.9. The zero-order valence-electron chi connectivity index (χ0n) is 11.0. The molecule has 0 atom stereocenters. The van der Waals surface area contributed by atoms with Crippen molar-refractivity contribution in [1.82, 2.24) is 9.78 Å². The first-order valence-electron chi connectivity index (χ1n) is 6.33. The van der Waals surface area contributed by atoms with Gasteiger partial charge in [-0.2, -0.15) is 5.10 Å². The lowest BCUT2D eigenvalue weighted by Crippen LogP contribution is -2.28. The van der Waals surface area contributed by atoms with Crippen molar-refractivity contribution in [3.8, 4) is 5.69 Å². The summed E-state index contributed by atoms with van der Waals surface area (Å²) in [5, 5.41) is 4.20. The Morgan fingerprint density at radius 3 is 2.74 bits per heavy atom. The second-order valence-corrected chi connectivity index (χ2v) is 5.81. The molecule has 3 nitrogen and oxygen atoms in total. The molecule has 3 rings (SSSR count). The van der Waals surface area contributed by atoms with Crippen LogP contribution >= 0.6 is 0 Å². The highest BCUT2D eigenvalue weighted by atomic mass is 19.1. The standard InChI is InChI=1S/C15H15FN2O/c1-15(2)7-13-10(14(19)8-15)9-17-18(13)12-6-4-3-5-11(12)16/h3-6,9H,7-8H2,1-2H3. The van der Waals surface area contributed by atoms with Crippen LogP contribution in [0.5, 0.6) is 0 Å². The van der Waals surface area contributed by atoms with Gasteiger partial charge in [-0.1, -0.05) is 26.0 Å². The third-order valence-electron chi connectivity index (χ3n) is 3.54. The van der Waals surface area contributed by atoms with E-state index < -0.39 is 0 Å². The molecular formula is C15H15FN2O. The van der Waals surface area contributed by atoms with Crippen molar-refractivity contribution in [2.24, 2.45) is 5.41 Å². The summed E-state index contributed by atoms with van der Waals surface area (Å²) < 4.78 is 15.4. The Labute approximate surface area is 111 Å². The minimum atomic E-state index is -0.329. The number of rotatable bonds is 1. The maximum Gasteiger partial charge on any atom is 0.166 e. The van der Waals surface area contributed by atoms with Gasteiger partial charge in [0.2, 0.25) is 0 Å². The molecule has 1 aromatic carbocycles. The number of ketones is 1. The van der Waals surface area contributed by atoms with Gasteiger partial charge in [0, 0.05) is 6.42 Å². The van der Waals surface area contributed by atoms with E-state index in [4.69, 9.17) is 0 Å². The molecule has 0 saturated heterocycles. The average Bonchev–Trinajstić information content (AvgIpc) is 2.72. The average molecular weight is 258 g/mol. The van der Waals surface area contributed by atoms with Crippen LogP contribution in [0, 0.1) is 11.2 Å². The summed E-state index contributed by atoms with van der Waals surface area (Å²) in [4.78, 5) is 12.1. The van der Waals surface area contributed by atoms with Crippen LogP contribution in [-0.4, -0.2) is 15.6 Å². The molecule has 0 unspecified atom stereocenters. The predicted octanol–water partition coefficient (Wildman–Crippen LogP) is 3.17. The lowest BCUT2D eigenvalue weighted by Gasteiger charge is -2.28. The second kappa shape index (κ2) is 4.02. The summed E-state index contributed by atoms with van der Waals surface area (Å²) in [7, 11) is 0. The quantitative estimate of drug-likeness (QED) is 0.787. The van der Waals surface area contributed by atoms with Gasteiger partial charge >= 0.3 is 0 Å². The van der Waals surface area contributed by atoms with E-state index in [-0.39, 0.29) is 17.0 Å². The van der Waals surface area contributed by atoms with Crippen LogP contribution in [0.1, 0.15) is 36.3 Å². The van der Waals surface area contributed by atoms with Gasteiger partial charge in [0.1, 0.15) is 11.5 Å². The molecule has 1 heterocycles. The van der Waals surface area contributed by atoms with Gasteiger partial charge < -0.3 is 0 Å². The van der Waals surface area contributed by atoms with E-state index in [9.17, 15) is 9.18 Å². The topological polar surface area (TPSA) is 34.9 Å². The smallest absolute Gasteiger partial charge is 0.166 e. The highest BCUT2D eigenvalue weighted by Gasteiger charge is 2.34. The number of para-hydroxylation sites is 1. The molecule has 0 spiro atoms. The van der Waals surface area contributed by atoms with Crippen molar-refractivity contribution < 1.29 is 9.18 Å². The lowest BCUT2D eigenvalue weighted by molar-refractivity contribution is 0.0911. The largest absolute Gasteiger partial charge is 0.294 e. The lowest BCUT2D eigenvalue weighted by atomic mass is 9.76. The molecule has 1 aromatic heterocycles. The van der Waals surface area contributed by atoms with E-state index in [0.29, 0.717) is 17.7 Å². The number of halogens is 1. The Morgan fingerprint density at radius 2 is 2.00 bits per heavy atom. The summed E-state index contributed by atoms with van der Waals surface area (Å²) in [6.45, 7) is 4.10. The number of benzene rings is 1. The van der Waals surface area contributed by atoms with Gasteiger partial charge in [0.25, 0.3) is 0 Å². The normalized spacial score (nSPS) is 17.3. The highest BCUT2D eigenvalue weighted by Crippen LogP contribution is 2.35. The molecule has 4 heteroatoms. The van der Waals surface area contributed by atoms with Gasteiger partial charge in [-0.3, -0.25) is 4.79 Å². The zero-order chi connectivity index (χ0) is 13.6. The summed E-state index contributed by atoms with van der Waals surface area (Å²) in [6.07, 6.45) is 2.80. The van der Waals surface area contributed by atoms with Crippen LogP contribution in [0.2, 0.25) is 0 Å². The fraction of sp³-hybridized carbons (Fsp3) is 0.333. The minimum Gasteiger partial charge on any atom is -0.294 e. The van der Waals surface area contributed by atoms with Gasteiger partial charge in [0.05, 0.1) is 17.5 Å². The molecule has 0 N–H and O–H groups in total. The number of aromatic nitrogens is 2. The third-order valence-corrected chi connectivity index (χ3v) is 3.54. The number of carbonyl (C=O) groups excluding carboxylic acids is 1. The van der Waals surface area contributed by atoms with Crippen LogP contribution < -0.4 is 0 Å². The van der Waals surface area contributed by atoms with Crippen molar-refractivity contribution in [2.75, 3.05) is 0 Å². The van der Waals surface area contributed by atoms with E-state index in [2.05, 4.69) is 5.10 Å². The molecule has 0 radical (unpaired) electrons. The molecule has 0 bridgehead atoms. The first-order chi connectivity index (χ1) is 8.98. The number of carbonyl (C=O) groups is 1. The molecule has 0 aliphatic heterocycles. The Bertz CT molecular complexity index is 658. The number of nitrogens with zero attached hydrogens (tertiary/aromatic N) is 2. The van der Waals surface area contributed by atoms with Crippen molar-refractivity contribution in [3.63, 3.8) is 0 Å². The Morgan fingerprint density at radius 1 is 1.26 bits per heavy atom. The Balaban J connectivity index is 2.17. The first kappa shape index (κ1) is 12.1. The van der Waals surface area contributed by atoms with Crippen molar-refractivity contribution >= 4 is 5.78 Å². The number of hydrogen-bond acceptors (Lipinski definition) is 2. The number of hydrogen-bond donors (Lipinski definition) is 0. The minimum absolute atomic E-state index is 0.0915. The van der Waals surface area contributed by atoms with E-state index in [1.807, 2.05) is 13.8 Å². The van der Waals surface area contributed by atoms with Gasteiger partial charge in [-0.25, -0.2) is 9.07 Å². The van der Waals surface area contributed by atoms with Crippen LogP contribution in [0.4, 0.5) is 4.39 Å². The van der Waals surface area contributed by atoms with Crippen LogP contribution in [0.15, 0.2) is 30.5 Å². The molecular weight excluding hydrogens is 243 g/mol. The van der Waals surface area contributed by atoms with Crippen LogP contribution in [0.25, 0.3) is 5.69 Å². The van der Waals surface area contributed by atoms with Gasteiger partial charge in [-0.05, 0) is 24.0 Å². The van der Waals surface area contributed by atoms with Crippen LogP contribution in [0.3, 0.4) is 0 Å². The van der Waals surface area contributed by atoms with Gasteiger partial charge in [0.15, 0.2) is 5.78 Å². The molecule has 0 amide bonds. The van der Waals surface area contributed by atoms with Crippen molar-refractivity contribution in [2.45, 2.75) is 26.7 Å². The van der Waals surface area contributed by atoms with Gasteiger partial charge in [-0.15, -0.1) is 0 Å². The fourth-order valence-electron chi connectivity index (χ4n) is 2.65. The highest BCUT2D eigenvalue weighted by molar-refractivity contribution is 5.98. The van der Waals surface area contributed by atoms with Crippen molar-refractivity contribution in [1.29, 1.82) is 0 Å². The molecule has 98 valence electrons. The first-order valence-corrected chi connectivity index (χ1v) is 6.33. The summed E-state index contributed by atoms with van der Waals surface area (Å²) in [5.74, 6) is -0.238. The third kappa shape index (κ3) is 1.97. The SMILES string of the molecule is CC1(C)CC(=O)c2cnn(-c3ccccc3F)c2C1. The Kier molecular flexibility index (Phi) is 2.55. The number of fused-ring (bicyclic) bond motifs is 1.